The van der Waals surface area contributed by atoms with E-state index >= 15 is 0 Å². The Morgan fingerprint density at radius 1 is 0.865 bits per heavy atom. The van der Waals surface area contributed by atoms with Crippen LogP contribution in [0.5, 0.6) is 0 Å². The lowest BCUT2D eigenvalue weighted by atomic mass is 9.86. The Morgan fingerprint density at radius 2 is 1.65 bits per heavy atom. The summed E-state index contributed by atoms with van der Waals surface area (Å²) >= 11 is 0. The molecule has 0 N–H and O–H groups in total. The summed E-state index contributed by atoms with van der Waals surface area (Å²) in [5.74, 6) is -0.907. The van der Waals surface area contributed by atoms with Crippen LogP contribution in [0, 0.1) is 12.3 Å². The van der Waals surface area contributed by atoms with Gasteiger partial charge in [-0.25, -0.2) is 4.57 Å². The molecular weight excluding hydrogens is 450 g/mol. The molecule has 2 aliphatic rings. The van der Waals surface area contributed by atoms with Gasteiger partial charge >= 0.3 is 0 Å². The third-order valence-corrected chi connectivity index (χ3v) is 8.14. The second kappa shape index (κ2) is 8.31. The zero-order chi connectivity index (χ0) is 29.8. The van der Waals surface area contributed by atoms with Gasteiger partial charge in [0.05, 0.1) is 5.56 Å². The van der Waals surface area contributed by atoms with E-state index in [0.717, 1.165) is 51.6 Å². The van der Waals surface area contributed by atoms with Gasteiger partial charge in [0.15, 0.2) is 6.20 Å². The Labute approximate surface area is 227 Å². The zero-order valence-electron chi connectivity index (χ0n) is 27.0. The van der Waals surface area contributed by atoms with E-state index in [4.69, 9.17) is 4.42 Å². The average Bonchev–Trinajstić information content (AvgIpc) is 3.59. The first-order chi connectivity index (χ1) is 19.8. The lowest BCUT2D eigenvalue weighted by Gasteiger charge is -2.18. The molecular formula is C35H36NO+. The van der Waals surface area contributed by atoms with Crippen LogP contribution in [-0.4, -0.2) is 0 Å². The van der Waals surface area contributed by atoms with Crippen LogP contribution in [0.1, 0.15) is 74.5 Å². The van der Waals surface area contributed by atoms with Crippen molar-refractivity contribution in [2.24, 2.45) is 12.5 Å². The van der Waals surface area contributed by atoms with Gasteiger partial charge in [0.1, 0.15) is 18.2 Å². The minimum absolute atomic E-state index is 0.368. The molecule has 186 valence electrons. The van der Waals surface area contributed by atoms with Crippen LogP contribution in [-0.2, 0) is 19.8 Å². The summed E-state index contributed by atoms with van der Waals surface area (Å²) in [5, 5.41) is 1.92. The number of pyridine rings is 1. The van der Waals surface area contributed by atoms with Crippen LogP contribution in [0.4, 0.5) is 0 Å². The van der Waals surface area contributed by atoms with Crippen molar-refractivity contribution < 1.29 is 15.8 Å². The van der Waals surface area contributed by atoms with Gasteiger partial charge < -0.3 is 4.42 Å². The van der Waals surface area contributed by atoms with Crippen molar-refractivity contribution in [3.63, 3.8) is 0 Å². The second-order valence-corrected chi connectivity index (χ2v) is 11.2. The van der Waals surface area contributed by atoms with E-state index in [0.29, 0.717) is 40.7 Å². The molecule has 0 unspecified atom stereocenters. The smallest absolute Gasteiger partial charge is 0.216 e. The monoisotopic (exact) mass is 491 g/mol. The molecule has 37 heavy (non-hydrogen) atoms. The molecule has 2 heterocycles. The van der Waals surface area contributed by atoms with Crippen molar-refractivity contribution in [1.82, 2.24) is 0 Å². The third-order valence-electron chi connectivity index (χ3n) is 8.14. The quantitative estimate of drug-likeness (QED) is 0.230. The van der Waals surface area contributed by atoms with E-state index in [1.807, 2.05) is 55.7 Å². The first kappa shape index (κ1) is 18.0. The highest BCUT2D eigenvalue weighted by Gasteiger charge is 2.35. The largest absolute Gasteiger partial charge is 0.454 e. The Morgan fingerprint density at radius 3 is 2.46 bits per heavy atom. The molecule has 0 aliphatic heterocycles. The summed E-state index contributed by atoms with van der Waals surface area (Å²) in [6.07, 6.45) is 1.28. The Hall–Kier alpha value is -3.39. The fourth-order valence-corrected chi connectivity index (χ4v) is 6.38. The summed E-state index contributed by atoms with van der Waals surface area (Å²) in [5.41, 5.74) is 6.02. The van der Waals surface area contributed by atoms with Gasteiger partial charge in [-0.15, -0.1) is 0 Å². The van der Waals surface area contributed by atoms with Crippen LogP contribution in [0.3, 0.4) is 0 Å². The Balaban J connectivity index is 1.56. The number of hydrogen-bond acceptors (Lipinski definition) is 1. The molecule has 0 amide bonds. The number of nitrogens with zero attached hydrogens (tertiary/aromatic N) is 1. The topological polar surface area (TPSA) is 17.0 Å². The standard InChI is InChI=1S/C35H36NO/c1-22-15-16-28-27-13-9-12-26(33(27)37-34(28)32(22)31-14-7-8-19-36(31)4)25-18-17-24(23-10-5-6-11-23)29-20-35(2,3)21-30(25)29/h7-9,12-19,23H,5-6,10-11,20-21H2,1-4H3/q+1/i20D2,21D2,23D. The first-order valence-corrected chi connectivity index (χ1v) is 13.4. The van der Waals surface area contributed by atoms with E-state index in [-0.39, 0.29) is 0 Å². The SMILES string of the molecule is [2H]C1(c2ccc(-c3cccc4c3oc3c(-c5cccc[n+]5C)c(C)ccc34)c3c2C([2H])([2H])C(C)(C)C3([2H])[2H])CCCC1. The number of aryl methyl sites for hydroxylation is 2. The van der Waals surface area contributed by atoms with Crippen molar-refractivity contribution in [1.29, 1.82) is 0 Å². The van der Waals surface area contributed by atoms with E-state index in [1.165, 1.54) is 0 Å². The molecule has 2 aliphatic carbocycles. The maximum atomic E-state index is 9.39. The number of hydrogen-bond donors (Lipinski definition) is 0. The predicted octanol–water partition coefficient (Wildman–Crippen LogP) is 8.84. The molecule has 2 heteroatoms. The summed E-state index contributed by atoms with van der Waals surface area (Å²) in [7, 11) is 2.02. The molecule has 0 radical (unpaired) electrons. The van der Waals surface area contributed by atoms with E-state index in [2.05, 4.69) is 29.7 Å². The average molecular weight is 492 g/mol. The van der Waals surface area contributed by atoms with Crippen LogP contribution in [0.2, 0.25) is 0 Å². The molecule has 3 aromatic carbocycles. The van der Waals surface area contributed by atoms with Gasteiger partial charge in [-0.2, -0.15) is 0 Å². The van der Waals surface area contributed by atoms with Gasteiger partial charge in [-0.1, -0.05) is 69.2 Å². The molecule has 1 fully saturated rings. The molecule has 0 atom stereocenters. The molecule has 0 bridgehead atoms. The Kier molecular flexibility index (Phi) is 4.03. The summed E-state index contributed by atoms with van der Waals surface area (Å²) in [4.78, 5) is 0. The molecule has 5 aromatic rings. The van der Waals surface area contributed by atoms with Gasteiger partial charge in [-0.3, -0.25) is 0 Å². The van der Waals surface area contributed by atoms with Crippen LogP contribution >= 0.6 is 0 Å². The maximum Gasteiger partial charge on any atom is 0.216 e. The number of fused-ring (bicyclic) bond motifs is 4. The van der Waals surface area contributed by atoms with Gasteiger partial charge in [0.25, 0.3) is 0 Å². The second-order valence-electron chi connectivity index (χ2n) is 11.2. The Bertz CT molecular complexity index is 1910. The predicted molar refractivity (Wildman–Crippen MR) is 153 cm³/mol. The van der Waals surface area contributed by atoms with Crippen LogP contribution in [0.25, 0.3) is 44.3 Å². The molecule has 7 rings (SSSR count). The number of rotatable bonds is 3. The van der Waals surface area contributed by atoms with E-state index < -0.39 is 24.1 Å². The minimum Gasteiger partial charge on any atom is -0.454 e. The molecule has 1 saturated carbocycles. The maximum absolute atomic E-state index is 9.39. The minimum atomic E-state index is -1.97. The van der Waals surface area contributed by atoms with Gasteiger partial charge in [0, 0.05) is 35.3 Å². The summed E-state index contributed by atoms with van der Waals surface area (Å²) < 4.78 is 55.6. The third kappa shape index (κ3) is 3.56. The highest BCUT2D eigenvalue weighted by Crippen LogP contribution is 2.49. The molecule has 2 nitrogen and oxygen atoms in total. The fraction of sp³-hybridized carbons (Fsp3) is 0.343. The van der Waals surface area contributed by atoms with E-state index in [1.54, 1.807) is 13.8 Å². The zero-order valence-corrected chi connectivity index (χ0v) is 22.0. The number of benzene rings is 3. The van der Waals surface area contributed by atoms with Crippen LogP contribution < -0.4 is 4.57 Å². The van der Waals surface area contributed by atoms with Crippen molar-refractivity contribution in [3.8, 4) is 22.4 Å². The van der Waals surface area contributed by atoms with Gasteiger partial charge in [-0.05, 0) is 77.7 Å². The highest BCUT2D eigenvalue weighted by atomic mass is 16.3. The first-order valence-electron chi connectivity index (χ1n) is 15.9. The van der Waals surface area contributed by atoms with Crippen molar-refractivity contribution in [2.45, 2.75) is 65.1 Å². The van der Waals surface area contributed by atoms with E-state index in [9.17, 15) is 6.85 Å². The fourth-order valence-electron chi connectivity index (χ4n) is 6.38. The number of aromatic nitrogens is 1. The number of para-hydroxylation sites is 1. The van der Waals surface area contributed by atoms with Crippen molar-refractivity contribution >= 4 is 21.9 Å². The highest BCUT2D eigenvalue weighted by molar-refractivity contribution is 6.13. The molecule has 0 spiro atoms. The van der Waals surface area contributed by atoms with Gasteiger partial charge in [0.2, 0.25) is 5.69 Å². The lowest BCUT2D eigenvalue weighted by molar-refractivity contribution is -0.660. The summed E-state index contributed by atoms with van der Waals surface area (Å²) in [6.45, 7) is 5.45. The normalized spacial score (nSPS) is 22.8. The molecule has 2 aromatic heterocycles. The van der Waals surface area contributed by atoms with Crippen molar-refractivity contribution in [3.05, 3.63) is 89.1 Å². The lowest BCUT2D eigenvalue weighted by Crippen LogP contribution is -2.30. The summed E-state index contributed by atoms with van der Waals surface area (Å²) in [6, 6.07) is 20.1. The van der Waals surface area contributed by atoms with Crippen molar-refractivity contribution in [2.75, 3.05) is 0 Å². The molecule has 0 saturated heterocycles. The van der Waals surface area contributed by atoms with Crippen LogP contribution in [0.15, 0.2) is 71.3 Å². The number of furan rings is 1.